The maximum Gasteiger partial charge on any atom is 0.223 e. The number of nitrogens with zero attached hydrogens (tertiary/aromatic N) is 1. The average molecular weight is 255 g/mol. The molecule has 0 saturated carbocycles. The van der Waals surface area contributed by atoms with Crippen LogP contribution in [0.3, 0.4) is 0 Å². The topological polar surface area (TPSA) is 46.3 Å². The number of hydrogen-bond acceptors (Lipinski definition) is 2. The minimum atomic E-state index is 0.0916. The van der Waals surface area contributed by atoms with Crippen molar-refractivity contribution in [3.05, 3.63) is 34.9 Å². The second-order valence-electron chi connectivity index (χ2n) is 4.22. The second-order valence-corrected chi connectivity index (χ2v) is 4.66. The first-order chi connectivity index (χ1) is 8.04. The van der Waals surface area contributed by atoms with Crippen molar-refractivity contribution in [3.8, 4) is 0 Å². The fourth-order valence-corrected chi connectivity index (χ4v) is 1.77. The molecule has 1 atom stereocenters. The molecule has 0 saturated heterocycles. The van der Waals surface area contributed by atoms with Gasteiger partial charge in [-0.3, -0.25) is 4.79 Å². The Labute approximate surface area is 108 Å². The number of carbonyl (C=O) groups excluding carboxylic acids is 1. The summed E-state index contributed by atoms with van der Waals surface area (Å²) in [7, 11) is 1.82. The summed E-state index contributed by atoms with van der Waals surface area (Å²) >= 11 is 5.82. The molecule has 3 nitrogen and oxygen atoms in total. The van der Waals surface area contributed by atoms with E-state index in [0.717, 1.165) is 11.4 Å². The maximum atomic E-state index is 11.7. The Bertz CT molecular complexity index is 364. The fraction of sp³-hybridized carbons (Fsp3) is 0.462. The van der Waals surface area contributed by atoms with Crippen LogP contribution in [0.1, 0.15) is 18.9 Å². The van der Waals surface area contributed by atoms with Gasteiger partial charge in [-0.05, 0) is 31.0 Å². The van der Waals surface area contributed by atoms with Crippen molar-refractivity contribution in [2.24, 2.45) is 5.73 Å². The van der Waals surface area contributed by atoms with Crippen LogP contribution >= 0.6 is 11.6 Å². The Hall–Kier alpha value is -1.06. The van der Waals surface area contributed by atoms with Crippen LogP contribution in [-0.2, 0) is 11.2 Å². The van der Waals surface area contributed by atoms with Crippen LogP contribution in [0.15, 0.2) is 24.3 Å². The van der Waals surface area contributed by atoms with E-state index in [9.17, 15) is 4.79 Å². The maximum absolute atomic E-state index is 11.7. The second kappa shape index (κ2) is 6.62. The van der Waals surface area contributed by atoms with E-state index in [1.54, 1.807) is 4.90 Å². The van der Waals surface area contributed by atoms with Gasteiger partial charge in [-0.2, -0.15) is 0 Å². The van der Waals surface area contributed by atoms with Crippen molar-refractivity contribution in [3.63, 3.8) is 0 Å². The number of amides is 1. The van der Waals surface area contributed by atoms with E-state index in [0.29, 0.717) is 13.0 Å². The Morgan fingerprint density at radius 3 is 2.53 bits per heavy atom. The number of carbonyl (C=O) groups is 1. The molecule has 2 N–H and O–H groups in total. The molecule has 0 heterocycles. The smallest absolute Gasteiger partial charge is 0.223 e. The number of hydrogen-bond donors (Lipinski definition) is 1. The van der Waals surface area contributed by atoms with Crippen molar-refractivity contribution in [2.75, 3.05) is 13.6 Å². The van der Waals surface area contributed by atoms with Crippen molar-refractivity contribution in [1.82, 2.24) is 4.90 Å². The lowest BCUT2D eigenvalue weighted by molar-refractivity contribution is -0.131. The normalized spacial score (nSPS) is 12.2. The molecule has 1 unspecified atom stereocenters. The fourth-order valence-electron chi connectivity index (χ4n) is 1.64. The summed E-state index contributed by atoms with van der Waals surface area (Å²) in [4.78, 5) is 13.4. The third kappa shape index (κ3) is 4.36. The zero-order valence-corrected chi connectivity index (χ0v) is 11.1. The third-order valence-electron chi connectivity index (χ3n) is 2.86. The van der Waals surface area contributed by atoms with Crippen LogP contribution in [0.4, 0.5) is 0 Å². The number of nitrogens with two attached hydrogens (primary N) is 1. The van der Waals surface area contributed by atoms with Gasteiger partial charge in [0.2, 0.25) is 5.91 Å². The zero-order valence-electron chi connectivity index (χ0n) is 10.3. The number of rotatable bonds is 5. The molecule has 1 rings (SSSR count). The highest BCUT2D eigenvalue weighted by atomic mass is 35.5. The highest BCUT2D eigenvalue weighted by Crippen LogP contribution is 2.13. The predicted octanol–water partition coefficient (Wildman–Crippen LogP) is 2.08. The van der Waals surface area contributed by atoms with E-state index in [1.165, 1.54) is 5.56 Å². The van der Waals surface area contributed by atoms with Gasteiger partial charge in [0.15, 0.2) is 0 Å². The van der Waals surface area contributed by atoms with Gasteiger partial charge in [0.25, 0.3) is 0 Å². The van der Waals surface area contributed by atoms with Gasteiger partial charge in [-0.1, -0.05) is 23.7 Å². The molecule has 0 radical (unpaired) electrons. The summed E-state index contributed by atoms with van der Waals surface area (Å²) < 4.78 is 0. The van der Waals surface area contributed by atoms with Crippen LogP contribution in [0, 0.1) is 0 Å². The zero-order chi connectivity index (χ0) is 12.8. The first-order valence-corrected chi connectivity index (χ1v) is 6.12. The van der Waals surface area contributed by atoms with E-state index >= 15 is 0 Å². The van der Waals surface area contributed by atoms with E-state index in [1.807, 2.05) is 38.2 Å². The Morgan fingerprint density at radius 1 is 1.41 bits per heavy atom. The summed E-state index contributed by atoms with van der Waals surface area (Å²) in [5.41, 5.74) is 6.55. The molecular formula is C13H19ClN2O. The Morgan fingerprint density at radius 2 is 2.00 bits per heavy atom. The average Bonchev–Trinajstić information content (AvgIpc) is 2.31. The lowest BCUT2D eigenvalue weighted by Gasteiger charge is -2.25. The quantitative estimate of drug-likeness (QED) is 0.875. The van der Waals surface area contributed by atoms with E-state index in [-0.39, 0.29) is 11.9 Å². The van der Waals surface area contributed by atoms with Crippen LogP contribution in [0.5, 0.6) is 0 Å². The molecule has 4 heteroatoms. The van der Waals surface area contributed by atoms with Crippen LogP contribution in [0.25, 0.3) is 0 Å². The van der Waals surface area contributed by atoms with E-state index in [2.05, 4.69) is 0 Å². The first-order valence-electron chi connectivity index (χ1n) is 5.74. The molecule has 0 bridgehead atoms. The Kier molecular flexibility index (Phi) is 5.45. The van der Waals surface area contributed by atoms with Crippen molar-refractivity contribution in [1.29, 1.82) is 0 Å². The van der Waals surface area contributed by atoms with Gasteiger partial charge in [0.05, 0.1) is 0 Å². The van der Waals surface area contributed by atoms with E-state index in [4.69, 9.17) is 17.3 Å². The summed E-state index contributed by atoms with van der Waals surface area (Å²) in [5, 5.41) is 0.731. The molecule has 0 aromatic heterocycles. The molecule has 0 aliphatic carbocycles. The Balaban J connectivity index is 2.56. The number of benzene rings is 1. The minimum absolute atomic E-state index is 0.0916. The van der Waals surface area contributed by atoms with Crippen LogP contribution in [0.2, 0.25) is 5.02 Å². The van der Waals surface area contributed by atoms with Gasteiger partial charge < -0.3 is 10.6 Å². The van der Waals surface area contributed by atoms with Crippen molar-refractivity contribution in [2.45, 2.75) is 25.8 Å². The van der Waals surface area contributed by atoms with Crippen molar-refractivity contribution >= 4 is 17.5 Å². The number of halogens is 1. The lowest BCUT2D eigenvalue weighted by atomic mass is 10.1. The molecular weight excluding hydrogens is 236 g/mol. The lowest BCUT2D eigenvalue weighted by Crippen LogP contribution is -2.37. The highest BCUT2D eigenvalue weighted by Gasteiger charge is 2.15. The predicted molar refractivity (Wildman–Crippen MR) is 71.1 cm³/mol. The molecule has 0 fully saturated rings. The summed E-state index contributed by atoms with van der Waals surface area (Å²) in [6, 6.07) is 7.87. The molecule has 0 aliphatic heterocycles. The SMILES string of the molecule is CC(Cc1ccc(Cl)cc1)N(C)C(=O)CCN. The van der Waals surface area contributed by atoms with Gasteiger partial charge in [-0.15, -0.1) is 0 Å². The first kappa shape index (κ1) is 14.0. The standard InChI is InChI=1S/C13H19ClN2O/c1-10(16(2)13(17)7-8-15)9-11-3-5-12(14)6-4-11/h3-6,10H,7-9,15H2,1-2H3. The molecule has 17 heavy (non-hydrogen) atoms. The molecule has 1 aromatic rings. The molecule has 94 valence electrons. The van der Waals surface area contributed by atoms with Crippen molar-refractivity contribution < 1.29 is 4.79 Å². The monoisotopic (exact) mass is 254 g/mol. The molecule has 0 spiro atoms. The summed E-state index contributed by atoms with van der Waals surface area (Å²) in [5.74, 6) is 0.0916. The van der Waals surface area contributed by atoms with Gasteiger partial charge >= 0.3 is 0 Å². The molecule has 1 amide bonds. The van der Waals surface area contributed by atoms with Gasteiger partial charge in [0, 0.05) is 31.1 Å². The van der Waals surface area contributed by atoms with Gasteiger partial charge in [0.1, 0.15) is 0 Å². The summed E-state index contributed by atoms with van der Waals surface area (Å²) in [6.07, 6.45) is 1.23. The summed E-state index contributed by atoms with van der Waals surface area (Å²) in [6.45, 7) is 2.43. The molecule has 0 aliphatic rings. The largest absolute Gasteiger partial charge is 0.343 e. The van der Waals surface area contributed by atoms with Crippen LogP contribution in [-0.4, -0.2) is 30.4 Å². The number of likely N-dealkylation sites (N-methyl/N-ethyl adjacent to an activating group) is 1. The van der Waals surface area contributed by atoms with E-state index < -0.39 is 0 Å². The third-order valence-corrected chi connectivity index (χ3v) is 3.11. The molecule has 1 aromatic carbocycles. The highest BCUT2D eigenvalue weighted by molar-refractivity contribution is 6.30. The minimum Gasteiger partial charge on any atom is -0.343 e. The van der Waals surface area contributed by atoms with Gasteiger partial charge in [-0.25, -0.2) is 0 Å². The van der Waals surface area contributed by atoms with Crippen LogP contribution < -0.4 is 5.73 Å².